The van der Waals surface area contributed by atoms with Crippen LogP contribution in [0.15, 0.2) is 50.3 Å². The number of H-pyrrole nitrogens is 2. The largest absolute Gasteiger partial charge is 0.481 e. The summed E-state index contributed by atoms with van der Waals surface area (Å²) in [6.07, 6.45) is 8.77. The van der Waals surface area contributed by atoms with E-state index in [0.717, 1.165) is 85.5 Å². The fourth-order valence-corrected chi connectivity index (χ4v) is 6.85. The van der Waals surface area contributed by atoms with Crippen molar-refractivity contribution in [1.29, 1.82) is 0 Å². The third-order valence-corrected chi connectivity index (χ3v) is 9.39. The van der Waals surface area contributed by atoms with Crippen LogP contribution in [0.3, 0.4) is 0 Å². The minimum Gasteiger partial charge on any atom is -0.481 e. The molecule has 2 unspecified atom stereocenters. The Morgan fingerprint density at radius 2 is 1.38 bits per heavy atom. The molecule has 0 bridgehead atoms. The zero-order valence-electron chi connectivity index (χ0n) is 28.0. The number of aromatic amines is 2. The van der Waals surface area contributed by atoms with Gasteiger partial charge in [-0.3, -0.25) is 9.59 Å². The Bertz CT molecular complexity index is 1870. The molecule has 0 fully saturated rings. The lowest BCUT2D eigenvalue weighted by molar-refractivity contribution is -0.140. The van der Waals surface area contributed by atoms with E-state index in [-0.39, 0.29) is 0 Å². The van der Waals surface area contributed by atoms with E-state index in [1.54, 1.807) is 0 Å². The number of aromatic nitrogens is 2. The van der Waals surface area contributed by atoms with Crippen LogP contribution in [-0.4, -0.2) is 43.5 Å². The van der Waals surface area contributed by atoms with Crippen LogP contribution >= 0.6 is 0 Å². The van der Waals surface area contributed by atoms with Gasteiger partial charge in [-0.05, 0) is 123 Å². The van der Waals surface area contributed by atoms with Crippen LogP contribution in [0.4, 0.5) is 0 Å². The lowest BCUT2D eigenvalue weighted by atomic mass is 9.91. The summed E-state index contributed by atoms with van der Waals surface area (Å²) in [7, 11) is 0. The van der Waals surface area contributed by atoms with Crippen molar-refractivity contribution in [3.05, 3.63) is 84.6 Å². The maximum Gasteiger partial charge on any atom is 0.311 e. The van der Waals surface area contributed by atoms with Crippen molar-refractivity contribution < 1.29 is 19.8 Å². The maximum absolute atomic E-state index is 11.9. The Morgan fingerprint density at radius 1 is 0.778 bits per heavy atom. The summed E-state index contributed by atoms with van der Waals surface area (Å²) in [6, 6.07) is 0. The molecule has 2 aliphatic heterocycles. The van der Waals surface area contributed by atoms with Gasteiger partial charge in [-0.1, -0.05) is 34.3 Å². The average molecular weight is 611 g/mol. The Labute approximate surface area is 265 Å². The molecule has 2 atom stereocenters. The molecule has 4 heterocycles. The van der Waals surface area contributed by atoms with Crippen LogP contribution in [0.1, 0.15) is 100 Å². The lowest BCUT2D eigenvalue weighted by Crippen LogP contribution is -2.17. The van der Waals surface area contributed by atoms with Crippen LogP contribution in [0, 0.1) is 26.7 Å². The first-order valence-electron chi connectivity index (χ1n) is 15.8. The first-order chi connectivity index (χ1) is 21.3. The van der Waals surface area contributed by atoms with Crippen molar-refractivity contribution in [2.45, 2.75) is 93.9 Å². The van der Waals surface area contributed by atoms with E-state index >= 15 is 0 Å². The molecular weight excluding hydrogens is 564 g/mol. The number of hydrogen-bond donors (Lipinski definition) is 4. The molecule has 238 valence electrons. The topological polar surface area (TPSA) is 131 Å². The minimum atomic E-state index is -0.862. The number of nitrogens with one attached hydrogen (secondary N) is 2. The SMILES string of the molecule is C=C1N=C(/C=c2\[nH]/c(=C\C3=NC(=C\c4[nH]c(C)c(C(CC)C(=O)O)c4C)/C(CC)=C3C)c(CC)c2C)C(C)=C1C(CC)C(=O)O. The van der Waals surface area contributed by atoms with Gasteiger partial charge in [-0.25, -0.2) is 9.98 Å². The molecule has 2 aromatic rings. The molecular formula is C37H46N4O4. The van der Waals surface area contributed by atoms with Gasteiger partial charge in [0.25, 0.3) is 0 Å². The standard InChI is InChI=1S/C37H46N4O4/c1-11-24-18(5)28(15-30-20(7)34(22(9)38-30)26(13-3)36(42)43)40-32(24)16-29-19(6)25(12-2)33(41-29)17-31-21(8)35(23(10)39-31)27(14-4)37(44)45/h15-17,26-27,39-40H,9,11-14H2,1-8,10H3,(H,42,43)(H,44,45)/b28-15-,32-16-,33-17-. The molecule has 45 heavy (non-hydrogen) atoms. The number of carboxylic acids is 2. The van der Waals surface area contributed by atoms with E-state index < -0.39 is 23.8 Å². The summed E-state index contributed by atoms with van der Waals surface area (Å²) in [6.45, 7) is 22.1. The fourth-order valence-electron chi connectivity index (χ4n) is 6.85. The molecule has 0 spiro atoms. The number of carbonyl (C=O) groups is 2. The first-order valence-corrected chi connectivity index (χ1v) is 15.8. The van der Waals surface area contributed by atoms with Gasteiger partial charge in [-0.2, -0.15) is 0 Å². The lowest BCUT2D eigenvalue weighted by Gasteiger charge is -2.12. The second kappa shape index (κ2) is 13.3. The Morgan fingerprint density at radius 3 is 1.93 bits per heavy atom. The average Bonchev–Trinajstić information content (AvgIpc) is 3.63. The quantitative estimate of drug-likeness (QED) is 0.229. The molecule has 8 heteroatoms. The number of nitrogens with zero attached hydrogens (tertiary/aromatic N) is 2. The number of aliphatic carboxylic acids is 2. The van der Waals surface area contributed by atoms with Crippen LogP contribution in [-0.2, 0) is 16.0 Å². The predicted octanol–water partition coefficient (Wildman–Crippen LogP) is 6.59. The Balaban J connectivity index is 1.81. The molecule has 0 radical (unpaired) electrons. The molecule has 4 N–H and O–H groups in total. The van der Waals surface area contributed by atoms with E-state index in [9.17, 15) is 19.8 Å². The van der Waals surface area contributed by atoms with E-state index in [4.69, 9.17) is 4.99 Å². The summed E-state index contributed by atoms with van der Waals surface area (Å²) in [5.74, 6) is -2.85. The van der Waals surface area contributed by atoms with Crippen molar-refractivity contribution in [3.63, 3.8) is 0 Å². The van der Waals surface area contributed by atoms with Gasteiger partial charge >= 0.3 is 11.9 Å². The minimum absolute atomic E-state index is 0.474. The highest BCUT2D eigenvalue weighted by Gasteiger charge is 2.29. The molecule has 0 saturated carbocycles. The van der Waals surface area contributed by atoms with Crippen LogP contribution in [0.25, 0.3) is 18.2 Å². The van der Waals surface area contributed by atoms with Crippen LogP contribution < -0.4 is 10.7 Å². The molecule has 0 aromatic carbocycles. The maximum atomic E-state index is 11.9. The molecule has 8 nitrogen and oxygen atoms in total. The van der Waals surface area contributed by atoms with Gasteiger partial charge in [0, 0.05) is 22.1 Å². The summed E-state index contributed by atoms with van der Waals surface area (Å²) in [5, 5.41) is 21.4. The molecule has 0 saturated heterocycles. The number of aliphatic imine (C=N–C) groups is 2. The van der Waals surface area contributed by atoms with E-state index in [1.165, 1.54) is 5.56 Å². The summed E-state index contributed by atoms with van der Waals surface area (Å²) in [4.78, 5) is 40.5. The molecule has 0 aliphatic carbocycles. The van der Waals surface area contributed by atoms with E-state index in [2.05, 4.69) is 55.3 Å². The second-order valence-corrected chi connectivity index (χ2v) is 12.0. The third-order valence-electron chi connectivity index (χ3n) is 9.39. The summed E-state index contributed by atoms with van der Waals surface area (Å²) >= 11 is 0. The van der Waals surface area contributed by atoms with Crippen molar-refractivity contribution in [3.8, 4) is 0 Å². The molecule has 2 aliphatic rings. The zero-order valence-corrected chi connectivity index (χ0v) is 28.0. The van der Waals surface area contributed by atoms with Gasteiger partial charge in [0.15, 0.2) is 0 Å². The van der Waals surface area contributed by atoms with Crippen molar-refractivity contribution in [1.82, 2.24) is 9.97 Å². The first kappa shape index (κ1) is 33.4. The fraction of sp³-hybridized carbons (Fsp3) is 0.405. The van der Waals surface area contributed by atoms with Crippen molar-refractivity contribution in [2.75, 3.05) is 0 Å². The molecule has 2 aromatic heterocycles. The van der Waals surface area contributed by atoms with Crippen LogP contribution in [0.5, 0.6) is 0 Å². The van der Waals surface area contributed by atoms with Gasteiger partial charge < -0.3 is 20.2 Å². The Kier molecular flexibility index (Phi) is 9.86. The molecule has 0 amide bonds. The number of rotatable bonds is 11. The number of hydrogen-bond acceptors (Lipinski definition) is 4. The summed E-state index contributed by atoms with van der Waals surface area (Å²) in [5.41, 5.74) is 12.7. The van der Waals surface area contributed by atoms with Crippen molar-refractivity contribution in [2.24, 2.45) is 15.9 Å². The summed E-state index contributed by atoms with van der Waals surface area (Å²) < 4.78 is 0. The van der Waals surface area contributed by atoms with Gasteiger partial charge in [0.1, 0.15) is 0 Å². The zero-order chi connectivity index (χ0) is 33.3. The van der Waals surface area contributed by atoms with E-state index in [0.29, 0.717) is 24.1 Å². The smallest absolute Gasteiger partial charge is 0.311 e. The number of allylic oxidation sites excluding steroid dienone is 4. The van der Waals surface area contributed by atoms with Gasteiger partial charge in [-0.15, -0.1) is 0 Å². The highest BCUT2D eigenvalue weighted by Crippen LogP contribution is 2.35. The molecule has 4 rings (SSSR count). The van der Waals surface area contributed by atoms with Gasteiger partial charge in [0.2, 0.25) is 0 Å². The second-order valence-electron chi connectivity index (χ2n) is 12.0. The van der Waals surface area contributed by atoms with E-state index in [1.807, 2.05) is 46.8 Å². The third kappa shape index (κ3) is 6.10. The highest BCUT2D eigenvalue weighted by molar-refractivity contribution is 6.24. The predicted molar refractivity (Wildman–Crippen MR) is 183 cm³/mol. The van der Waals surface area contributed by atoms with Crippen LogP contribution in [0.2, 0.25) is 0 Å². The highest BCUT2D eigenvalue weighted by atomic mass is 16.4. The number of aryl methyl sites for hydroxylation is 1. The van der Waals surface area contributed by atoms with Gasteiger partial charge in [0.05, 0.1) is 34.7 Å². The van der Waals surface area contributed by atoms with Crippen molar-refractivity contribution >= 4 is 41.6 Å². The normalized spacial score (nSPS) is 18.4. The Hall–Kier alpha value is -4.46. The number of carboxylic acid groups (broad SMARTS) is 2. The monoisotopic (exact) mass is 610 g/mol.